The summed E-state index contributed by atoms with van der Waals surface area (Å²) in [4.78, 5) is 5.00. The summed E-state index contributed by atoms with van der Waals surface area (Å²) >= 11 is 0. The Hall–Kier alpha value is -0.380. The molecule has 1 aliphatic carbocycles. The summed E-state index contributed by atoms with van der Waals surface area (Å²) in [6.45, 7) is 3.56. The van der Waals surface area contributed by atoms with Gasteiger partial charge in [-0.3, -0.25) is 4.90 Å². The number of rotatable bonds is 3. The van der Waals surface area contributed by atoms with Gasteiger partial charge in [-0.25, -0.2) is 0 Å². The molecule has 2 aliphatic rings. The first-order valence-corrected chi connectivity index (χ1v) is 7.47. The van der Waals surface area contributed by atoms with Crippen molar-refractivity contribution in [1.29, 1.82) is 0 Å². The van der Waals surface area contributed by atoms with Gasteiger partial charge in [-0.1, -0.05) is 18.1 Å². The molecule has 0 bridgehead atoms. The van der Waals surface area contributed by atoms with Gasteiger partial charge in [0.05, 0.1) is 0 Å². The molecule has 1 N–H and O–H groups in total. The summed E-state index contributed by atoms with van der Waals surface area (Å²) in [6.07, 6.45) is 9.23. The van der Waals surface area contributed by atoms with Crippen LogP contribution in [0, 0.1) is 0 Å². The fraction of sp³-hybridized carbons (Fsp3) is 0.867. The Kier molecular flexibility index (Phi) is 5.22. The van der Waals surface area contributed by atoms with E-state index in [0.29, 0.717) is 12.1 Å². The molecule has 3 heteroatoms. The van der Waals surface area contributed by atoms with Gasteiger partial charge in [0.2, 0.25) is 0 Å². The normalized spacial score (nSPS) is 29.7. The lowest BCUT2D eigenvalue weighted by Crippen LogP contribution is -2.58. The van der Waals surface area contributed by atoms with Crippen molar-refractivity contribution in [3.05, 3.63) is 11.6 Å². The van der Waals surface area contributed by atoms with E-state index in [-0.39, 0.29) is 0 Å². The van der Waals surface area contributed by atoms with Crippen LogP contribution in [0.3, 0.4) is 0 Å². The molecule has 0 aromatic carbocycles. The van der Waals surface area contributed by atoms with Crippen molar-refractivity contribution < 1.29 is 0 Å². The number of hydrogen-bond donors (Lipinski definition) is 1. The molecule has 104 valence electrons. The highest BCUT2D eigenvalue weighted by Crippen LogP contribution is 2.24. The first kappa shape index (κ1) is 14.0. The minimum Gasteiger partial charge on any atom is -0.312 e. The lowest BCUT2D eigenvalue weighted by Gasteiger charge is -2.42. The van der Waals surface area contributed by atoms with Crippen LogP contribution in [0.1, 0.15) is 32.1 Å². The Bertz CT molecular complexity index is 287. The Labute approximate surface area is 112 Å². The van der Waals surface area contributed by atoms with E-state index in [9.17, 15) is 0 Å². The molecule has 1 heterocycles. The van der Waals surface area contributed by atoms with E-state index < -0.39 is 0 Å². The van der Waals surface area contributed by atoms with Gasteiger partial charge < -0.3 is 10.2 Å². The molecule has 0 radical (unpaired) electrons. The van der Waals surface area contributed by atoms with Gasteiger partial charge in [0.15, 0.2) is 0 Å². The Morgan fingerprint density at radius 1 is 1.22 bits per heavy atom. The number of piperazine rings is 1. The quantitative estimate of drug-likeness (QED) is 0.771. The van der Waals surface area contributed by atoms with E-state index in [0.717, 1.165) is 0 Å². The van der Waals surface area contributed by atoms with Crippen molar-refractivity contribution >= 4 is 0 Å². The van der Waals surface area contributed by atoms with E-state index in [1.54, 1.807) is 5.57 Å². The fourth-order valence-electron chi connectivity index (χ4n) is 3.35. The first-order valence-electron chi connectivity index (χ1n) is 7.47. The van der Waals surface area contributed by atoms with Crippen LogP contribution in [0.4, 0.5) is 0 Å². The highest BCUT2D eigenvalue weighted by atomic mass is 15.3. The van der Waals surface area contributed by atoms with Crippen LogP contribution in [0.5, 0.6) is 0 Å². The maximum atomic E-state index is 3.58. The topological polar surface area (TPSA) is 18.5 Å². The van der Waals surface area contributed by atoms with Crippen LogP contribution in [0.2, 0.25) is 0 Å². The molecule has 3 nitrogen and oxygen atoms in total. The Morgan fingerprint density at radius 3 is 2.83 bits per heavy atom. The molecule has 0 amide bonds. The number of hydrogen-bond acceptors (Lipinski definition) is 3. The molecular formula is C15H29N3. The second kappa shape index (κ2) is 6.69. The molecule has 2 rings (SSSR count). The molecule has 1 aliphatic heterocycles. The third-order valence-electron chi connectivity index (χ3n) is 4.57. The van der Waals surface area contributed by atoms with Crippen molar-refractivity contribution in [2.45, 2.75) is 44.2 Å². The van der Waals surface area contributed by atoms with E-state index in [1.807, 2.05) is 0 Å². The fourth-order valence-corrected chi connectivity index (χ4v) is 3.35. The lowest BCUT2D eigenvalue weighted by atomic mass is 9.93. The summed E-state index contributed by atoms with van der Waals surface area (Å²) in [5.74, 6) is 0. The summed E-state index contributed by atoms with van der Waals surface area (Å²) in [6, 6.07) is 1.16. The SMILES string of the molecule is CNC(C1=CCCCCC1)C1CN(C)CCN1C. The summed E-state index contributed by atoms with van der Waals surface area (Å²) in [5, 5.41) is 3.58. The average molecular weight is 251 g/mol. The van der Waals surface area contributed by atoms with Crippen LogP contribution in [0.15, 0.2) is 11.6 Å². The van der Waals surface area contributed by atoms with E-state index in [2.05, 4.69) is 42.3 Å². The van der Waals surface area contributed by atoms with Gasteiger partial charge in [-0.2, -0.15) is 0 Å². The lowest BCUT2D eigenvalue weighted by molar-refractivity contribution is 0.0970. The second-order valence-electron chi connectivity index (χ2n) is 5.95. The predicted octanol–water partition coefficient (Wildman–Crippen LogP) is 1.71. The summed E-state index contributed by atoms with van der Waals surface area (Å²) in [7, 11) is 6.65. The number of likely N-dealkylation sites (N-methyl/N-ethyl adjacent to an activating group) is 3. The predicted molar refractivity (Wildman–Crippen MR) is 77.9 cm³/mol. The van der Waals surface area contributed by atoms with Crippen molar-refractivity contribution in [1.82, 2.24) is 15.1 Å². The maximum Gasteiger partial charge on any atom is 0.0447 e. The van der Waals surface area contributed by atoms with Gasteiger partial charge in [0.1, 0.15) is 0 Å². The second-order valence-corrected chi connectivity index (χ2v) is 5.95. The van der Waals surface area contributed by atoms with Crippen LogP contribution in [-0.4, -0.2) is 62.7 Å². The van der Waals surface area contributed by atoms with Crippen molar-refractivity contribution in [3.63, 3.8) is 0 Å². The Morgan fingerprint density at radius 2 is 2.06 bits per heavy atom. The Balaban J connectivity index is 2.08. The van der Waals surface area contributed by atoms with Crippen molar-refractivity contribution in [2.24, 2.45) is 0 Å². The summed E-state index contributed by atoms with van der Waals surface area (Å²) in [5.41, 5.74) is 1.65. The van der Waals surface area contributed by atoms with Crippen molar-refractivity contribution in [3.8, 4) is 0 Å². The molecule has 1 saturated heterocycles. The number of allylic oxidation sites excluding steroid dienone is 1. The molecule has 0 aromatic heterocycles. The zero-order valence-electron chi connectivity index (χ0n) is 12.3. The first-order chi connectivity index (χ1) is 8.72. The van der Waals surface area contributed by atoms with Gasteiger partial charge in [0, 0.05) is 31.7 Å². The van der Waals surface area contributed by atoms with Crippen LogP contribution in [0.25, 0.3) is 0 Å². The minimum absolute atomic E-state index is 0.538. The smallest absolute Gasteiger partial charge is 0.0447 e. The number of nitrogens with zero attached hydrogens (tertiary/aromatic N) is 2. The van der Waals surface area contributed by atoms with Crippen LogP contribution < -0.4 is 5.32 Å². The largest absolute Gasteiger partial charge is 0.312 e. The maximum absolute atomic E-state index is 3.58. The summed E-state index contributed by atoms with van der Waals surface area (Å²) < 4.78 is 0. The van der Waals surface area contributed by atoms with Gasteiger partial charge in [-0.05, 0) is 46.8 Å². The molecule has 0 spiro atoms. The third-order valence-corrected chi connectivity index (χ3v) is 4.57. The number of nitrogens with one attached hydrogen (secondary N) is 1. The highest BCUT2D eigenvalue weighted by Gasteiger charge is 2.30. The van der Waals surface area contributed by atoms with Crippen molar-refractivity contribution in [2.75, 3.05) is 40.8 Å². The van der Waals surface area contributed by atoms with E-state index in [4.69, 9.17) is 0 Å². The van der Waals surface area contributed by atoms with Gasteiger partial charge in [0.25, 0.3) is 0 Å². The van der Waals surface area contributed by atoms with Crippen LogP contribution >= 0.6 is 0 Å². The third kappa shape index (κ3) is 3.34. The molecule has 2 atom stereocenters. The van der Waals surface area contributed by atoms with E-state index in [1.165, 1.54) is 51.7 Å². The van der Waals surface area contributed by atoms with E-state index >= 15 is 0 Å². The monoisotopic (exact) mass is 251 g/mol. The zero-order chi connectivity index (χ0) is 13.0. The molecular weight excluding hydrogens is 222 g/mol. The molecule has 18 heavy (non-hydrogen) atoms. The molecule has 0 saturated carbocycles. The van der Waals surface area contributed by atoms with Crippen LogP contribution in [-0.2, 0) is 0 Å². The minimum atomic E-state index is 0.538. The van der Waals surface area contributed by atoms with Gasteiger partial charge in [-0.15, -0.1) is 0 Å². The van der Waals surface area contributed by atoms with Gasteiger partial charge >= 0.3 is 0 Å². The molecule has 1 fully saturated rings. The average Bonchev–Trinajstić information content (AvgIpc) is 2.64. The highest BCUT2D eigenvalue weighted by molar-refractivity contribution is 5.16. The standard InChI is InChI=1S/C15H29N3/c1-16-15(13-8-6-4-5-7-9-13)14-12-17(2)10-11-18(14)3/h8,14-16H,4-7,9-12H2,1-3H3. The zero-order valence-corrected chi connectivity index (χ0v) is 12.3. The molecule has 2 unspecified atom stereocenters. The molecule has 0 aromatic rings.